The third-order valence-corrected chi connectivity index (χ3v) is 10.1. The number of aryl methyl sites for hydroxylation is 1. The van der Waals surface area contributed by atoms with Gasteiger partial charge in [0.15, 0.2) is 4.75 Å². The first kappa shape index (κ1) is 28.4. The number of carbonyl (C=O) groups excluding carboxylic acids is 1. The van der Waals surface area contributed by atoms with Crippen LogP contribution in [-0.2, 0) is 19.6 Å². The van der Waals surface area contributed by atoms with Crippen LogP contribution < -0.4 is 10.2 Å². The van der Waals surface area contributed by atoms with E-state index >= 15 is 0 Å². The number of carbonyl (C=O) groups is 1. The number of ether oxygens (including phenoxy) is 2. The quantitative estimate of drug-likeness (QED) is 0.268. The maximum absolute atomic E-state index is 13.5. The van der Waals surface area contributed by atoms with Gasteiger partial charge in [-0.15, -0.1) is 0 Å². The van der Waals surface area contributed by atoms with Crippen molar-refractivity contribution in [1.29, 1.82) is 0 Å². The van der Waals surface area contributed by atoms with Gasteiger partial charge in [-0.05, 0) is 42.9 Å². The average Bonchev–Trinajstić information content (AvgIpc) is 2.95. The van der Waals surface area contributed by atoms with Crippen LogP contribution in [0, 0.1) is 6.92 Å². The lowest BCUT2D eigenvalue weighted by molar-refractivity contribution is -0.134. The van der Waals surface area contributed by atoms with E-state index in [1.807, 2.05) is 31.2 Å². The molecule has 2 aliphatic rings. The van der Waals surface area contributed by atoms with E-state index in [0.29, 0.717) is 18.7 Å². The number of aliphatic hydroxyl groups is 2. The molecule has 0 saturated carbocycles. The predicted octanol–water partition coefficient (Wildman–Crippen LogP) is 1.35. The average molecular weight is 550 g/mol. The molecule has 2 aromatic rings. The second kappa shape index (κ2) is 12.1. The highest BCUT2D eigenvalue weighted by molar-refractivity contribution is 7.91. The van der Waals surface area contributed by atoms with Crippen molar-refractivity contribution in [2.24, 2.45) is 0 Å². The molecule has 38 heavy (non-hydrogen) atoms. The van der Waals surface area contributed by atoms with Gasteiger partial charge in [0, 0.05) is 50.8 Å². The second-order valence-electron chi connectivity index (χ2n) is 9.81. The van der Waals surface area contributed by atoms with Crippen molar-refractivity contribution >= 4 is 15.9 Å². The lowest BCUT2D eigenvalue weighted by Crippen LogP contribution is -2.60. The number of aliphatic hydroxyl groups excluding tert-OH is 2. The summed E-state index contributed by atoms with van der Waals surface area (Å²) < 4.78 is 37.5. The van der Waals surface area contributed by atoms with Crippen LogP contribution in [-0.4, -0.2) is 89.4 Å². The second-order valence-corrected chi connectivity index (χ2v) is 12.1. The molecule has 2 saturated heterocycles. The number of sulfonamides is 1. The van der Waals surface area contributed by atoms with Crippen LogP contribution in [0.15, 0.2) is 36.4 Å². The van der Waals surface area contributed by atoms with Crippen LogP contribution in [0.25, 0.3) is 11.3 Å². The van der Waals surface area contributed by atoms with Gasteiger partial charge in [-0.2, -0.15) is 0 Å². The largest absolute Gasteiger partial charge is 0.475 e. The van der Waals surface area contributed by atoms with Crippen molar-refractivity contribution < 1.29 is 38.1 Å². The molecule has 1 amide bonds. The van der Waals surface area contributed by atoms with Crippen molar-refractivity contribution in [3.05, 3.63) is 47.5 Å². The third-order valence-electron chi connectivity index (χ3n) is 7.46. The first-order valence-electron chi connectivity index (χ1n) is 12.7. The van der Waals surface area contributed by atoms with Gasteiger partial charge in [0.1, 0.15) is 12.7 Å². The minimum absolute atomic E-state index is 0.00457. The van der Waals surface area contributed by atoms with Crippen molar-refractivity contribution in [2.45, 2.75) is 49.4 Å². The van der Waals surface area contributed by atoms with Gasteiger partial charge in [0.2, 0.25) is 15.9 Å². The lowest BCUT2D eigenvalue weighted by atomic mass is 9.88. The summed E-state index contributed by atoms with van der Waals surface area (Å²) in [5.74, 6) is -0.389. The van der Waals surface area contributed by atoms with Crippen LogP contribution in [0.2, 0.25) is 0 Å². The summed E-state index contributed by atoms with van der Waals surface area (Å²) in [5.41, 5.74) is 5.33. The summed E-state index contributed by atoms with van der Waals surface area (Å²) >= 11 is 0. The van der Waals surface area contributed by atoms with Gasteiger partial charge in [-0.25, -0.2) is 23.2 Å². The molecule has 0 unspecified atom stereocenters. The molecule has 1 atom stereocenters. The summed E-state index contributed by atoms with van der Waals surface area (Å²) in [4.78, 5) is 17.0. The Morgan fingerprint density at radius 1 is 1.24 bits per heavy atom. The molecule has 12 heteroatoms. The van der Waals surface area contributed by atoms with E-state index in [9.17, 15) is 23.5 Å². The van der Waals surface area contributed by atoms with Crippen molar-refractivity contribution in [1.82, 2.24) is 14.8 Å². The maximum Gasteiger partial charge on any atom is 0.266 e. The highest BCUT2D eigenvalue weighted by Crippen LogP contribution is 2.37. The molecular weight excluding hydrogens is 514 g/mol. The summed E-state index contributed by atoms with van der Waals surface area (Å²) in [7, 11) is -4.00. The van der Waals surface area contributed by atoms with Crippen LogP contribution >= 0.6 is 0 Å². The molecule has 1 aromatic heterocycles. The molecule has 11 nitrogen and oxygen atoms in total. The SMILES string of the molecule is Cc1cc(C2CCN(S(=O)(=O)C3(C(=O)NO)CCOCC3)CC2)ccc1-c1cccc(OC[C@@H](O)CO)n1. The Morgan fingerprint density at radius 3 is 2.58 bits per heavy atom. The fourth-order valence-electron chi connectivity index (χ4n) is 5.19. The number of benzene rings is 1. The Balaban J connectivity index is 1.45. The number of nitrogens with zero attached hydrogens (tertiary/aromatic N) is 2. The van der Waals surface area contributed by atoms with Gasteiger partial charge >= 0.3 is 0 Å². The van der Waals surface area contributed by atoms with Crippen molar-refractivity contribution in [2.75, 3.05) is 39.5 Å². The summed E-state index contributed by atoms with van der Waals surface area (Å²) in [6.45, 7) is 2.40. The number of amides is 1. The van der Waals surface area contributed by atoms with E-state index < -0.39 is 26.8 Å². The molecule has 3 heterocycles. The molecule has 1 aromatic carbocycles. The molecule has 4 N–H and O–H groups in total. The van der Waals surface area contributed by atoms with Gasteiger partial charge in [0.05, 0.1) is 12.3 Å². The van der Waals surface area contributed by atoms with Crippen molar-refractivity contribution in [3.63, 3.8) is 0 Å². The molecule has 0 radical (unpaired) electrons. The monoisotopic (exact) mass is 549 g/mol. The number of aromatic nitrogens is 1. The predicted molar refractivity (Wildman–Crippen MR) is 138 cm³/mol. The topological polar surface area (TPSA) is 159 Å². The first-order valence-corrected chi connectivity index (χ1v) is 14.2. The fourth-order valence-corrected chi connectivity index (χ4v) is 7.34. The zero-order chi connectivity index (χ0) is 27.3. The smallest absolute Gasteiger partial charge is 0.266 e. The highest BCUT2D eigenvalue weighted by Gasteiger charge is 2.54. The Bertz CT molecular complexity index is 1220. The number of hydrogen-bond donors (Lipinski definition) is 4. The molecule has 208 valence electrons. The van der Waals surface area contributed by atoms with Crippen LogP contribution in [0.4, 0.5) is 0 Å². The fraction of sp³-hybridized carbons (Fsp3) is 0.538. The minimum atomic E-state index is -4.00. The number of piperidine rings is 1. The molecule has 0 spiro atoms. The van der Waals surface area contributed by atoms with E-state index in [1.54, 1.807) is 11.5 Å². The Kier molecular flexibility index (Phi) is 9.01. The van der Waals surface area contributed by atoms with E-state index in [-0.39, 0.29) is 58.3 Å². The molecule has 2 fully saturated rings. The highest BCUT2D eigenvalue weighted by atomic mass is 32.2. The van der Waals surface area contributed by atoms with Crippen molar-refractivity contribution in [3.8, 4) is 17.1 Å². The third kappa shape index (κ3) is 5.70. The standard InChI is InChI=1S/C26H35N3O8S/c1-18-15-20(5-6-22(18)23-3-2-4-24(27-23)37-17-21(31)16-30)19-7-11-29(12-8-19)38(34,35)26(25(32)28-33)9-13-36-14-10-26/h2-6,15,19,21,30-31,33H,7-14,16-17H2,1H3,(H,28,32)/t21-/m0/s1. The Labute approximate surface area is 222 Å². The van der Waals surface area contributed by atoms with E-state index in [1.165, 1.54) is 4.31 Å². The molecular formula is C26H35N3O8S. The number of hydroxylamine groups is 1. The Hall–Kier alpha value is -2.61. The summed E-state index contributed by atoms with van der Waals surface area (Å²) in [6, 6.07) is 11.5. The summed E-state index contributed by atoms with van der Waals surface area (Å²) in [5, 5.41) is 27.7. The molecule has 2 aliphatic heterocycles. The van der Waals surface area contributed by atoms with Gasteiger partial charge in [-0.3, -0.25) is 10.0 Å². The number of nitrogens with one attached hydrogen (secondary N) is 1. The van der Waals surface area contributed by atoms with Crippen LogP contribution in [0.5, 0.6) is 5.88 Å². The zero-order valence-electron chi connectivity index (χ0n) is 21.4. The Morgan fingerprint density at radius 2 is 1.95 bits per heavy atom. The van der Waals surface area contributed by atoms with E-state index in [4.69, 9.17) is 14.6 Å². The van der Waals surface area contributed by atoms with E-state index in [2.05, 4.69) is 11.1 Å². The van der Waals surface area contributed by atoms with Gasteiger partial charge < -0.3 is 19.7 Å². The van der Waals surface area contributed by atoms with Gasteiger partial charge in [0.25, 0.3) is 5.91 Å². The minimum Gasteiger partial charge on any atom is -0.475 e. The lowest BCUT2D eigenvalue weighted by Gasteiger charge is -2.40. The number of pyridine rings is 1. The van der Waals surface area contributed by atoms with Gasteiger partial charge in [-0.1, -0.05) is 24.3 Å². The molecule has 0 aliphatic carbocycles. The van der Waals surface area contributed by atoms with Crippen LogP contribution in [0.1, 0.15) is 42.7 Å². The van der Waals surface area contributed by atoms with E-state index in [0.717, 1.165) is 22.4 Å². The number of hydrogen-bond acceptors (Lipinski definition) is 9. The zero-order valence-corrected chi connectivity index (χ0v) is 22.2. The first-order chi connectivity index (χ1) is 18.2. The van der Waals surface area contributed by atoms with Crippen LogP contribution in [0.3, 0.4) is 0 Å². The molecule has 0 bridgehead atoms. The molecule has 4 rings (SSSR count). The number of rotatable bonds is 9. The normalized spacial score (nSPS) is 19.6. The summed E-state index contributed by atoms with van der Waals surface area (Å²) in [6.07, 6.45) is 0.256. The maximum atomic E-state index is 13.5.